The molecule has 0 bridgehead atoms. The molecule has 2 saturated heterocycles. The van der Waals surface area contributed by atoms with Crippen LogP contribution >= 0.6 is 11.6 Å². The van der Waals surface area contributed by atoms with E-state index in [1.54, 1.807) is 0 Å². The van der Waals surface area contributed by atoms with Gasteiger partial charge in [-0.1, -0.05) is 42.3 Å². The maximum Gasteiger partial charge on any atom is 0.337 e. The number of methoxy groups -OCH3 is 1. The minimum atomic E-state index is -1.40. The standard InChI is InChI=1S/C37H45ClN2O7/c1-26-28(7-6-8-30(26)27-9-10-32-35(22-27)46-20-19-45-32)25-47-34-23-33(29(21-31(34)38)24-40-13-4-3-5-14-40)44-18-17-39-15-11-37(42,12-16-39)36(41)43-2/h6-10,21-23,42H,3-5,11-20,24-25H2,1-2H3. The summed E-state index contributed by atoms with van der Waals surface area (Å²) in [7, 11) is 1.31. The Morgan fingerprint density at radius 1 is 0.894 bits per heavy atom. The van der Waals surface area contributed by atoms with Crippen molar-refractivity contribution < 1.29 is 33.6 Å². The van der Waals surface area contributed by atoms with E-state index in [-0.39, 0.29) is 0 Å². The van der Waals surface area contributed by atoms with E-state index in [0.29, 0.717) is 69.7 Å². The highest BCUT2D eigenvalue weighted by Gasteiger charge is 2.40. The number of halogens is 1. The van der Waals surface area contributed by atoms with Crippen molar-refractivity contribution in [1.29, 1.82) is 0 Å². The lowest BCUT2D eigenvalue weighted by atomic mass is 9.91. The zero-order valence-electron chi connectivity index (χ0n) is 27.4. The predicted octanol–water partition coefficient (Wildman–Crippen LogP) is 6.03. The largest absolute Gasteiger partial charge is 0.492 e. The predicted molar refractivity (Wildman–Crippen MR) is 181 cm³/mol. The number of ether oxygens (including phenoxy) is 5. The number of hydrogen-bond acceptors (Lipinski definition) is 9. The number of carbonyl (C=O) groups excluding carboxylic acids is 1. The van der Waals surface area contributed by atoms with E-state index in [9.17, 15) is 9.90 Å². The molecule has 0 radical (unpaired) electrons. The number of piperidine rings is 2. The van der Waals surface area contributed by atoms with Crippen LogP contribution in [0.5, 0.6) is 23.0 Å². The van der Waals surface area contributed by atoms with Gasteiger partial charge in [0.25, 0.3) is 0 Å². The van der Waals surface area contributed by atoms with Gasteiger partial charge in [-0.05, 0) is 86.1 Å². The van der Waals surface area contributed by atoms with Gasteiger partial charge in [0.15, 0.2) is 17.1 Å². The summed E-state index contributed by atoms with van der Waals surface area (Å²) in [5, 5.41) is 11.2. The second-order valence-corrected chi connectivity index (χ2v) is 13.1. The Morgan fingerprint density at radius 3 is 2.43 bits per heavy atom. The number of rotatable bonds is 11. The molecule has 252 valence electrons. The molecule has 3 aliphatic heterocycles. The molecule has 0 atom stereocenters. The number of esters is 1. The summed E-state index contributed by atoms with van der Waals surface area (Å²) < 4.78 is 29.1. The van der Waals surface area contributed by atoms with Crippen LogP contribution in [0.1, 0.15) is 48.8 Å². The maximum atomic E-state index is 12.0. The third-order valence-electron chi connectivity index (χ3n) is 9.55. The first-order chi connectivity index (χ1) is 22.8. The molecular weight excluding hydrogens is 620 g/mol. The van der Waals surface area contributed by atoms with Crippen molar-refractivity contribution in [3.05, 3.63) is 70.2 Å². The summed E-state index contributed by atoms with van der Waals surface area (Å²) in [4.78, 5) is 16.6. The molecule has 6 rings (SSSR count). The lowest BCUT2D eigenvalue weighted by Gasteiger charge is -2.36. The van der Waals surface area contributed by atoms with Crippen molar-refractivity contribution in [2.75, 3.05) is 59.7 Å². The SMILES string of the molecule is COC(=O)C1(O)CCN(CCOc2cc(OCc3cccc(-c4ccc5c(c4)OCCO5)c3C)c(Cl)cc2CN2CCCCC2)CC1. The topological polar surface area (TPSA) is 89.9 Å². The average Bonchev–Trinajstić information content (AvgIpc) is 3.10. The maximum absolute atomic E-state index is 12.0. The number of fused-ring (bicyclic) bond motifs is 1. The zero-order chi connectivity index (χ0) is 32.8. The van der Waals surface area contributed by atoms with Gasteiger partial charge in [0.1, 0.15) is 37.9 Å². The highest BCUT2D eigenvalue weighted by atomic mass is 35.5. The normalized spacial score (nSPS) is 18.0. The van der Waals surface area contributed by atoms with E-state index in [0.717, 1.165) is 64.7 Å². The number of aliphatic hydroxyl groups is 1. The molecule has 0 saturated carbocycles. The van der Waals surface area contributed by atoms with E-state index < -0.39 is 11.6 Å². The van der Waals surface area contributed by atoms with Crippen molar-refractivity contribution >= 4 is 17.6 Å². The van der Waals surface area contributed by atoms with Gasteiger partial charge in [-0.3, -0.25) is 9.80 Å². The van der Waals surface area contributed by atoms with E-state index in [1.165, 1.54) is 26.4 Å². The Hall–Kier alpha value is -3.50. The van der Waals surface area contributed by atoms with E-state index in [4.69, 9.17) is 35.3 Å². The summed E-state index contributed by atoms with van der Waals surface area (Å²) in [6.07, 6.45) is 4.34. The van der Waals surface area contributed by atoms with Crippen molar-refractivity contribution in [3.63, 3.8) is 0 Å². The molecule has 9 nitrogen and oxygen atoms in total. The molecule has 0 amide bonds. The Labute approximate surface area is 282 Å². The van der Waals surface area contributed by atoms with Crippen molar-refractivity contribution in [3.8, 4) is 34.1 Å². The molecule has 0 aliphatic carbocycles. The summed E-state index contributed by atoms with van der Waals surface area (Å²) in [5.74, 6) is 2.32. The number of nitrogens with zero attached hydrogens (tertiary/aromatic N) is 2. The lowest BCUT2D eigenvalue weighted by Crippen LogP contribution is -2.50. The van der Waals surface area contributed by atoms with Crippen LogP contribution in [0, 0.1) is 6.92 Å². The van der Waals surface area contributed by atoms with Gasteiger partial charge >= 0.3 is 5.97 Å². The van der Waals surface area contributed by atoms with Gasteiger partial charge < -0.3 is 28.8 Å². The monoisotopic (exact) mass is 664 g/mol. The summed E-state index contributed by atoms with van der Waals surface area (Å²) in [6.45, 7) is 8.78. The molecule has 2 fully saturated rings. The van der Waals surface area contributed by atoms with Crippen LogP contribution in [-0.2, 0) is 22.7 Å². The summed E-state index contributed by atoms with van der Waals surface area (Å²) in [6, 6.07) is 16.2. The second kappa shape index (κ2) is 15.2. The number of benzene rings is 3. The van der Waals surface area contributed by atoms with Crippen molar-refractivity contribution in [2.45, 2.75) is 57.8 Å². The third-order valence-corrected chi connectivity index (χ3v) is 9.85. The Morgan fingerprint density at radius 2 is 1.66 bits per heavy atom. The summed E-state index contributed by atoms with van der Waals surface area (Å²) >= 11 is 6.85. The average molecular weight is 665 g/mol. The van der Waals surface area contributed by atoms with Crippen LogP contribution in [-0.4, -0.2) is 86.1 Å². The molecule has 0 spiro atoms. The minimum absolute atomic E-state index is 0.341. The summed E-state index contributed by atoms with van der Waals surface area (Å²) in [5.41, 5.74) is 3.99. The first kappa shape index (κ1) is 33.4. The molecule has 47 heavy (non-hydrogen) atoms. The Balaban J connectivity index is 1.15. The molecule has 3 aromatic carbocycles. The molecule has 3 aromatic rings. The number of carbonyl (C=O) groups is 1. The smallest absolute Gasteiger partial charge is 0.337 e. The number of likely N-dealkylation sites (tertiary alicyclic amines) is 2. The van der Waals surface area contributed by atoms with Crippen LogP contribution in [0.15, 0.2) is 48.5 Å². The second-order valence-electron chi connectivity index (χ2n) is 12.7. The Bertz CT molecular complexity index is 1550. The quantitative estimate of drug-likeness (QED) is 0.247. The molecule has 10 heteroatoms. The van der Waals surface area contributed by atoms with Gasteiger partial charge in [-0.15, -0.1) is 0 Å². The third kappa shape index (κ3) is 7.97. The first-order valence-corrected chi connectivity index (χ1v) is 17.0. The number of hydrogen-bond donors (Lipinski definition) is 1. The van der Waals surface area contributed by atoms with Gasteiger partial charge in [0.05, 0.1) is 12.1 Å². The van der Waals surface area contributed by atoms with Crippen LogP contribution in [0.25, 0.3) is 11.1 Å². The van der Waals surface area contributed by atoms with E-state index in [1.807, 2.05) is 30.3 Å². The molecular formula is C37H45ClN2O7. The van der Waals surface area contributed by atoms with Gasteiger partial charge in [0.2, 0.25) is 0 Å². The van der Waals surface area contributed by atoms with Crippen LogP contribution in [0.3, 0.4) is 0 Å². The lowest BCUT2D eigenvalue weighted by molar-refractivity contribution is -0.167. The van der Waals surface area contributed by atoms with E-state index >= 15 is 0 Å². The molecule has 3 heterocycles. The Kier molecular flexibility index (Phi) is 10.8. The van der Waals surface area contributed by atoms with Crippen LogP contribution in [0.4, 0.5) is 0 Å². The van der Waals surface area contributed by atoms with Crippen LogP contribution < -0.4 is 18.9 Å². The zero-order valence-corrected chi connectivity index (χ0v) is 28.2. The fourth-order valence-electron chi connectivity index (χ4n) is 6.65. The molecule has 0 unspecified atom stereocenters. The van der Waals surface area contributed by atoms with Crippen molar-refractivity contribution in [1.82, 2.24) is 9.80 Å². The van der Waals surface area contributed by atoms with Crippen molar-refractivity contribution in [2.24, 2.45) is 0 Å². The molecule has 3 aliphatic rings. The highest BCUT2D eigenvalue weighted by Crippen LogP contribution is 2.38. The fourth-order valence-corrected chi connectivity index (χ4v) is 6.89. The van der Waals surface area contributed by atoms with Gasteiger partial charge in [-0.2, -0.15) is 0 Å². The van der Waals surface area contributed by atoms with Gasteiger partial charge in [0, 0.05) is 37.8 Å². The molecule has 0 aromatic heterocycles. The first-order valence-electron chi connectivity index (χ1n) is 16.6. The minimum Gasteiger partial charge on any atom is -0.492 e. The van der Waals surface area contributed by atoms with Gasteiger partial charge in [-0.25, -0.2) is 4.79 Å². The highest BCUT2D eigenvalue weighted by molar-refractivity contribution is 6.32. The van der Waals surface area contributed by atoms with Crippen LogP contribution in [0.2, 0.25) is 5.02 Å². The fraction of sp³-hybridized carbons (Fsp3) is 0.486. The van der Waals surface area contributed by atoms with E-state index in [2.05, 4.69) is 34.9 Å². The molecule has 1 N–H and O–H groups in total.